The van der Waals surface area contributed by atoms with Gasteiger partial charge in [-0.15, -0.1) is 0 Å². The molecule has 8 nitrogen and oxygen atoms in total. The van der Waals surface area contributed by atoms with E-state index in [9.17, 15) is 22.8 Å². The smallest absolute Gasteiger partial charge is 0.417 e. The minimum atomic E-state index is -4.73. The van der Waals surface area contributed by atoms with E-state index in [2.05, 4.69) is 15.3 Å². The second-order valence-corrected chi connectivity index (χ2v) is 7.76. The number of carbonyl (C=O) groups excluding carboxylic acids is 2. The van der Waals surface area contributed by atoms with Crippen molar-refractivity contribution in [3.63, 3.8) is 0 Å². The van der Waals surface area contributed by atoms with Crippen LogP contribution in [-0.2, 0) is 9.53 Å². The van der Waals surface area contributed by atoms with Crippen LogP contribution < -0.4 is 15.8 Å². The van der Waals surface area contributed by atoms with Crippen LogP contribution in [0.5, 0.6) is 5.75 Å². The maximum atomic E-state index is 14.0. The fourth-order valence-electron chi connectivity index (χ4n) is 3.98. The summed E-state index contributed by atoms with van der Waals surface area (Å²) in [7, 11) is 1.38. The standard InChI is InChI=1S/C21H23F3N4O4/c1-10-15(13-6-8-26-11(2)16(13)31-4)17(32-20(10,3)21(22,23)24)19(30)28-12-5-7-27-14(9-12)18(25)29/h5-10,15,17H,1-4H3,(H2,25,29)(H,27,28,30)/t10-,15+,17-,20?/m1/s1. The van der Waals surface area contributed by atoms with Gasteiger partial charge >= 0.3 is 6.18 Å². The van der Waals surface area contributed by atoms with Gasteiger partial charge < -0.3 is 20.5 Å². The SMILES string of the molecule is COc1c([C@@H]2[C@@H](C)C(C)(C(F)(F)F)O[C@H]2C(=O)Nc2ccnc(C(N)=O)c2)ccnc1C. The molecule has 11 heteroatoms. The normalized spacial score (nSPS) is 25.4. The number of hydrogen-bond donors (Lipinski definition) is 2. The Morgan fingerprint density at radius 3 is 2.50 bits per heavy atom. The molecular formula is C21H23F3N4O4. The van der Waals surface area contributed by atoms with Crippen molar-refractivity contribution < 1.29 is 32.2 Å². The molecule has 0 aliphatic carbocycles. The Balaban J connectivity index is 2.05. The molecule has 0 radical (unpaired) electrons. The maximum Gasteiger partial charge on any atom is 0.417 e. The number of aryl methyl sites for hydroxylation is 1. The lowest BCUT2D eigenvalue weighted by Gasteiger charge is -2.32. The van der Waals surface area contributed by atoms with Crippen molar-refractivity contribution >= 4 is 17.5 Å². The van der Waals surface area contributed by atoms with Gasteiger partial charge in [-0.3, -0.25) is 19.6 Å². The number of carbonyl (C=O) groups is 2. The topological polar surface area (TPSA) is 116 Å². The van der Waals surface area contributed by atoms with E-state index in [-0.39, 0.29) is 17.1 Å². The highest BCUT2D eigenvalue weighted by Gasteiger charge is 2.65. The van der Waals surface area contributed by atoms with Crippen LogP contribution in [0.2, 0.25) is 0 Å². The third-order valence-electron chi connectivity index (χ3n) is 5.88. The zero-order chi connectivity index (χ0) is 23.8. The second kappa shape index (κ2) is 8.38. The molecule has 1 aliphatic heterocycles. The molecule has 1 aliphatic rings. The molecule has 2 aromatic heterocycles. The number of nitrogens with one attached hydrogen (secondary N) is 1. The fraction of sp³-hybridized carbons (Fsp3) is 0.429. The van der Waals surface area contributed by atoms with Crippen molar-refractivity contribution in [3.8, 4) is 5.75 Å². The number of alkyl halides is 3. The summed E-state index contributed by atoms with van der Waals surface area (Å²) in [5.74, 6) is -3.46. The first-order valence-corrected chi connectivity index (χ1v) is 9.71. The Labute approximate surface area is 182 Å². The van der Waals surface area contributed by atoms with Crippen molar-refractivity contribution in [2.24, 2.45) is 11.7 Å². The first-order valence-electron chi connectivity index (χ1n) is 9.71. The molecule has 3 heterocycles. The van der Waals surface area contributed by atoms with E-state index in [0.717, 1.165) is 6.92 Å². The molecule has 0 bridgehead atoms. The Morgan fingerprint density at radius 2 is 1.91 bits per heavy atom. The van der Waals surface area contributed by atoms with Crippen LogP contribution in [0.1, 0.15) is 41.5 Å². The number of primary amides is 1. The Kier molecular flexibility index (Phi) is 6.14. The number of rotatable bonds is 5. The van der Waals surface area contributed by atoms with E-state index in [1.807, 2.05) is 0 Å². The van der Waals surface area contributed by atoms with Crippen molar-refractivity contribution in [3.05, 3.63) is 47.5 Å². The van der Waals surface area contributed by atoms with E-state index in [1.165, 1.54) is 44.6 Å². The van der Waals surface area contributed by atoms with E-state index < -0.39 is 41.5 Å². The van der Waals surface area contributed by atoms with Gasteiger partial charge in [0.2, 0.25) is 0 Å². The van der Waals surface area contributed by atoms with E-state index >= 15 is 0 Å². The van der Waals surface area contributed by atoms with Crippen LogP contribution in [0.25, 0.3) is 0 Å². The number of methoxy groups -OCH3 is 1. The van der Waals surface area contributed by atoms with Crippen molar-refractivity contribution in [2.75, 3.05) is 12.4 Å². The molecule has 1 fully saturated rings. The van der Waals surface area contributed by atoms with Crippen molar-refractivity contribution in [2.45, 2.75) is 44.6 Å². The fourth-order valence-corrected chi connectivity index (χ4v) is 3.98. The molecule has 0 spiro atoms. The Morgan fingerprint density at radius 1 is 1.25 bits per heavy atom. The van der Waals surface area contributed by atoms with E-state index in [1.54, 1.807) is 6.92 Å². The number of anilines is 1. The number of ether oxygens (including phenoxy) is 2. The monoisotopic (exact) mass is 452 g/mol. The molecule has 2 amide bonds. The average Bonchev–Trinajstić information content (AvgIpc) is 3.00. The van der Waals surface area contributed by atoms with Crippen molar-refractivity contribution in [1.29, 1.82) is 0 Å². The number of halogens is 3. The lowest BCUT2D eigenvalue weighted by Crippen LogP contribution is -2.47. The average molecular weight is 452 g/mol. The summed E-state index contributed by atoms with van der Waals surface area (Å²) in [5, 5.41) is 2.51. The number of pyridine rings is 2. The molecule has 2 aromatic rings. The zero-order valence-corrected chi connectivity index (χ0v) is 17.9. The first kappa shape index (κ1) is 23.5. The van der Waals surface area contributed by atoms with Crippen LogP contribution in [0.15, 0.2) is 30.6 Å². The zero-order valence-electron chi connectivity index (χ0n) is 17.9. The molecule has 0 aromatic carbocycles. The molecule has 1 unspecified atom stereocenters. The quantitative estimate of drug-likeness (QED) is 0.721. The van der Waals surface area contributed by atoms with E-state index in [0.29, 0.717) is 11.3 Å². The lowest BCUT2D eigenvalue weighted by molar-refractivity contribution is -0.272. The maximum absolute atomic E-state index is 14.0. The molecule has 4 atom stereocenters. The molecule has 0 saturated carbocycles. The van der Waals surface area contributed by atoms with Gasteiger partial charge in [-0.05, 0) is 32.0 Å². The summed E-state index contributed by atoms with van der Waals surface area (Å²) < 4.78 is 52.8. The predicted octanol–water partition coefficient (Wildman–Crippen LogP) is 2.97. The molecule has 172 valence electrons. The van der Waals surface area contributed by atoms with Gasteiger partial charge in [0, 0.05) is 35.5 Å². The largest absolute Gasteiger partial charge is 0.495 e. The third kappa shape index (κ3) is 3.99. The molecule has 3 N–H and O–H groups in total. The summed E-state index contributed by atoms with van der Waals surface area (Å²) in [6.45, 7) is 3.97. The Hall–Kier alpha value is -3.21. The van der Waals surface area contributed by atoms with E-state index in [4.69, 9.17) is 15.2 Å². The highest BCUT2D eigenvalue weighted by atomic mass is 19.4. The summed E-state index contributed by atoms with van der Waals surface area (Å²) in [5.41, 5.74) is 3.51. The highest BCUT2D eigenvalue weighted by molar-refractivity contribution is 5.97. The molecule has 1 saturated heterocycles. The van der Waals surface area contributed by atoms with Crippen molar-refractivity contribution in [1.82, 2.24) is 9.97 Å². The van der Waals surface area contributed by atoms with Gasteiger partial charge in [0.15, 0.2) is 5.60 Å². The molecule has 32 heavy (non-hydrogen) atoms. The Bertz CT molecular complexity index is 1050. The van der Waals surface area contributed by atoms with Gasteiger partial charge in [0.1, 0.15) is 17.5 Å². The van der Waals surface area contributed by atoms with Gasteiger partial charge in [0.25, 0.3) is 11.8 Å². The highest BCUT2D eigenvalue weighted by Crippen LogP contribution is 2.54. The van der Waals surface area contributed by atoms with Crippen LogP contribution in [0.3, 0.4) is 0 Å². The minimum absolute atomic E-state index is 0.105. The summed E-state index contributed by atoms with van der Waals surface area (Å²) in [4.78, 5) is 32.4. The second-order valence-electron chi connectivity index (χ2n) is 7.76. The third-order valence-corrected chi connectivity index (χ3v) is 5.88. The number of nitrogens with zero attached hydrogens (tertiary/aromatic N) is 2. The van der Waals surface area contributed by atoms with Gasteiger partial charge in [-0.2, -0.15) is 13.2 Å². The first-order chi connectivity index (χ1) is 14.9. The minimum Gasteiger partial charge on any atom is -0.495 e. The number of nitrogens with two attached hydrogens (primary N) is 1. The predicted molar refractivity (Wildman–Crippen MR) is 108 cm³/mol. The van der Waals surface area contributed by atoms with Gasteiger partial charge in [0.05, 0.1) is 12.8 Å². The van der Waals surface area contributed by atoms with Gasteiger partial charge in [-0.1, -0.05) is 6.92 Å². The number of aromatic nitrogens is 2. The summed E-state index contributed by atoms with van der Waals surface area (Å²) in [6, 6.07) is 4.14. The summed E-state index contributed by atoms with van der Waals surface area (Å²) >= 11 is 0. The number of hydrogen-bond acceptors (Lipinski definition) is 6. The van der Waals surface area contributed by atoms with Crippen LogP contribution in [0.4, 0.5) is 18.9 Å². The lowest BCUT2D eigenvalue weighted by atomic mass is 9.77. The number of amides is 2. The van der Waals surface area contributed by atoms with Gasteiger partial charge in [-0.25, -0.2) is 0 Å². The molecular weight excluding hydrogens is 429 g/mol. The van der Waals surface area contributed by atoms with Crippen LogP contribution in [-0.4, -0.2) is 46.8 Å². The summed E-state index contributed by atoms with van der Waals surface area (Å²) in [6.07, 6.45) is -3.54. The van der Waals surface area contributed by atoms with Crippen LogP contribution >= 0.6 is 0 Å². The molecule has 3 rings (SSSR count). The van der Waals surface area contributed by atoms with Crippen LogP contribution in [0, 0.1) is 12.8 Å².